The molecular weight excluding hydrogens is 258 g/mol. The van der Waals surface area contributed by atoms with E-state index in [-0.39, 0.29) is 12.0 Å². The van der Waals surface area contributed by atoms with Crippen molar-refractivity contribution in [3.05, 3.63) is 23.8 Å². The van der Waals surface area contributed by atoms with E-state index in [0.29, 0.717) is 11.5 Å². The first-order chi connectivity index (χ1) is 9.40. The predicted octanol–water partition coefficient (Wildman–Crippen LogP) is 2.46. The fraction of sp³-hybridized carbons (Fsp3) is 0.533. The molecule has 2 N–H and O–H groups in total. The molecule has 0 aliphatic carbocycles. The van der Waals surface area contributed by atoms with Gasteiger partial charge in [-0.25, -0.2) is 0 Å². The molecule has 0 amide bonds. The van der Waals surface area contributed by atoms with E-state index in [0.717, 1.165) is 5.56 Å². The minimum absolute atomic E-state index is 0.00782. The molecule has 112 valence electrons. The van der Waals surface area contributed by atoms with E-state index in [2.05, 4.69) is 5.32 Å². The van der Waals surface area contributed by atoms with E-state index < -0.39 is 12.0 Å². The fourth-order valence-corrected chi connectivity index (χ4v) is 2.09. The molecule has 5 nitrogen and oxygen atoms in total. The van der Waals surface area contributed by atoms with Gasteiger partial charge in [-0.15, -0.1) is 0 Å². The zero-order valence-electron chi connectivity index (χ0n) is 12.6. The van der Waals surface area contributed by atoms with Crippen molar-refractivity contribution >= 4 is 5.97 Å². The minimum Gasteiger partial charge on any atom is -0.497 e. The first-order valence-corrected chi connectivity index (χ1v) is 6.61. The number of methoxy groups -OCH3 is 2. The summed E-state index contributed by atoms with van der Waals surface area (Å²) in [5.74, 6) is 0.560. The van der Waals surface area contributed by atoms with Gasteiger partial charge in [-0.1, -0.05) is 13.8 Å². The summed E-state index contributed by atoms with van der Waals surface area (Å²) in [5.41, 5.74) is 0.874. The molecule has 0 fully saturated rings. The second kappa shape index (κ2) is 7.14. The summed E-state index contributed by atoms with van der Waals surface area (Å²) in [6.45, 7) is 5.66. The molecule has 20 heavy (non-hydrogen) atoms. The van der Waals surface area contributed by atoms with E-state index in [9.17, 15) is 9.90 Å². The maximum atomic E-state index is 11.3. The van der Waals surface area contributed by atoms with Gasteiger partial charge in [0.05, 0.1) is 14.2 Å². The van der Waals surface area contributed by atoms with Gasteiger partial charge >= 0.3 is 5.97 Å². The van der Waals surface area contributed by atoms with Gasteiger partial charge in [0, 0.05) is 11.6 Å². The van der Waals surface area contributed by atoms with Crippen LogP contribution in [0.5, 0.6) is 11.5 Å². The van der Waals surface area contributed by atoms with Crippen molar-refractivity contribution in [2.45, 2.75) is 32.9 Å². The van der Waals surface area contributed by atoms with Crippen molar-refractivity contribution < 1.29 is 19.4 Å². The molecule has 2 atom stereocenters. The topological polar surface area (TPSA) is 67.8 Å². The zero-order chi connectivity index (χ0) is 15.3. The van der Waals surface area contributed by atoms with Crippen LogP contribution in [-0.2, 0) is 4.79 Å². The molecular formula is C15H23NO4. The largest absolute Gasteiger partial charge is 0.497 e. The van der Waals surface area contributed by atoms with Crippen molar-refractivity contribution in [2.24, 2.45) is 5.92 Å². The number of aliphatic carboxylic acids is 1. The number of rotatable bonds is 7. The van der Waals surface area contributed by atoms with Gasteiger partial charge in [0.1, 0.15) is 17.5 Å². The summed E-state index contributed by atoms with van der Waals surface area (Å²) in [5, 5.41) is 12.4. The molecule has 0 saturated carbocycles. The molecule has 2 unspecified atom stereocenters. The van der Waals surface area contributed by atoms with Gasteiger partial charge in [-0.05, 0) is 31.0 Å². The van der Waals surface area contributed by atoms with Gasteiger partial charge in [-0.3, -0.25) is 10.1 Å². The second-order valence-electron chi connectivity index (χ2n) is 5.06. The van der Waals surface area contributed by atoms with E-state index in [1.54, 1.807) is 14.2 Å². The third kappa shape index (κ3) is 3.87. The van der Waals surface area contributed by atoms with Gasteiger partial charge in [0.2, 0.25) is 0 Å². The number of carbonyl (C=O) groups is 1. The first-order valence-electron chi connectivity index (χ1n) is 6.61. The third-order valence-electron chi connectivity index (χ3n) is 3.27. The summed E-state index contributed by atoms with van der Waals surface area (Å²) in [6, 6.07) is 4.71. The monoisotopic (exact) mass is 281 g/mol. The Labute approximate surface area is 119 Å². The molecule has 0 aliphatic rings. The summed E-state index contributed by atoms with van der Waals surface area (Å²) < 4.78 is 10.5. The van der Waals surface area contributed by atoms with Crippen LogP contribution in [0.4, 0.5) is 0 Å². The fourth-order valence-electron chi connectivity index (χ4n) is 2.09. The number of carboxylic acids is 1. The van der Waals surface area contributed by atoms with Crippen LogP contribution in [0.1, 0.15) is 32.4 Å². The van der Waals surface area contributed by atoms with Crippen molar-refractivity contribution in [2.75, 3.05) is 14.2 Å². The molecule has 1 aromatic carbocycles. The van der Waals surface area contributed by atoms with Crippen LogP contribution in [0.15, 0.2) is 18.2 Å². The molecule has 1 rings (SSSR count). The van der Waals surface area contributed by atoms with Crippen LogP contribution >= 0.6 is 0 Å². The summed E-state index contributed by atoms with van der Waals surface area (Å²) in [6.07, 6.45) is 0. The molecule has 0 bridgehead atoms. The number of nitrogens with one attached hydrogen (secondary N) is 1. The number of ether oxygens (including phenoxy) is 2. The standard InChI is InChI=1S/C15H23NO4/c1-9(2)14(15(17)18)16-10(3)12-8-11(19-4)6-7-13(12)20-5/h6-10,14,16H,1-5H3,(H,17,18). The lowest BCUT2D eigenvalue weighted by Crippen LogP contribution is -2.42. The predicted molar refractivity (Wildman–Crippen MR) is 77.4 cm³/mol. The number of carboxylic acid groups (broad SMARTS) is 1. The van der Waals surface area contributed by atoms with E-state index in [4.69, 9.17) is 9.47 Å². The van der Waals surface area contributed by atoms with Crippen LogP contribution in [0.2, 0.25) is 0 Å². The highest BCUT2D eigenvalue weighted by atomic mass is 16.5. The number of hydrogen-bond acceptors (Lipinski definition) is 4. The van der Waals surface area contributed by atoms with Gasteiger partial charge in [0.25, 0.3) is 0 Å². The lowest BCUT2D eigenvalue weighted by molar-refractivity contribution is -0.140. The van der Waals surface area contributed by atoms with Crippen molar-refractivity contribution in [3.8, 4) is 11.5 Å². The molecule has 5 heteroatoms. The smallest absolute Gasteiger partial charge is 0.320 e. The molecule has 0 aliphatic heterocycles. The Kier molecular flexibility index (Phi) is 5.82. The van der Waals surface area contributed by atoms with Crippen molar-refractivity contribution in [1.29, 1.82) is 0 Å². The van der Waals surface area contributed by atoms with Gasteiger partial charge in [-0.2, -0.15) is 0 Å². The lowest BCUT2D eigenvalue weighted by Gasteiger charge is -2.24. The van der Waals surface area contributed by atoms with E-state index >= 15 is 0 Å². The highest BCUT2D eigenvalue weighted by molar-refractivity contribution is 5.73. The normalized spacial score (nSPS) is 13.9. The van der Waals surface area contributed by atoms with Crippen molar-refractivity contribution in [3.63, 3.8) is 0 Å². The maximum absolute atomic E-state index is 11.3. The molecule has 0 radical (unpaired) electrons. The third-order valence-corrected chi connectivity index (χ3v) is 3.27. The quantitative estimate of drug-likeness (QED) is 0.803. The zero-order valence-corrected chi connectivity index (χ0v) is 12.6. The summed E-state index contributed by atoms with van der Waals surface area (Å²) >= 11 is 0. The second-order valence-corrected chi connectivity index (χ2v) is 5.06. The van der Waals surface area contributed by atoms with Crippen LogP contribution in [0.3, 0.4) is 0 Å². The molecule has 0 spiro atoms. The summed E-state index contributed by atoms with van der Waals surface area (Å²) in [7, 11) is 3.19. The van der Waals surface area contributed by atoms with Crippen LogP contribution in [-0.4, -0.2) is 31.3 Å². The highest BCUT2D eigenvalue weighted by Crippen LogP contribution is 2.29. The Hall–Kier alpha value is -1.75. The van der Waals surface area contributed by atoms with E-state index in [1.165, 1.54) is 0 Å². The van der Waals surface area contributed by atoms with E-state index in [1.807, 2.05) is 39.0 Å². The van der Waals surface area contributed by atoms with Gasteiger partial charge < -0.3 is 14.6 Å². The molecule has 0 saturated heterocycles. The average molecular weight is 281 g/mol. The Morgan fingerprint density at radius 2 is 1.85 bits per heavy atom. The van der Waals surface area contributed by atoms with Gasteiger partial charge in [0.15, 0.2) is 0 Å². The Bertz CT molecular complexity index is 459. The Morgan fingerprint density at radius 3 is 2.30 bits per heavy atom. The number of hydrogen-bond donors (Lipinski definition) is 2. The van der Waals surface area contributed by atoms with Crippen LogP contribution in [0.25, 0.3) is 0 Å². The first kappa shape index (κ1) is 16.3. The molecule has 0 heterocycles. The maximum Gasteiger partial charge on any atom is 0.320 e. The lowest BCUT2D eigenvalue weighted by atomic mass is 10.0. The van der Waals surface area contributed by atoms with Crippen LogP contribution < -0.4 is 14.8 Å². The average Bonchev–Trinajstić information content (AvgIpc) is 2.42. The summed E-state index contributed by atoms with van der Waals surface area (Å²) in [4.78, 5) is 11.3. The number of benzene rings is 1. The minimum atomic E-state index is -0.853. The SMILES string of the molecule is COc1ccc(OC)c(C(C)NC(C(=O)O)C(C)C)c1. The molecule has 1 aromatic rings. The Balaban J connectivity index is 3.00. The highest BCUT2D eigenvalue weighted by Gasteiger charge is 2.24. The van der Waals surface area contributed by atoms with Crippen molar-refractivity contribution in [1.82, 2.24) is 5.32 Å². The molecule has 0 aromatic heterocycles. The Morgan fingerprint density at radius 1 is 1.20 bits per heavy atom. The van der Waals surface area contributed by atoms with Crippen LogP contribution in [0, 0.1) is 5.92 Å².